The van der Waals surface area contributed by atoms with Gasteiger partial charge in [0.1, 0.15) is 0 Å². The van der Waals surface area contributed by atoms with E-state index >= 15 is 0 Å². The Morgan fingerprint density at radius 1 is 0.412 bits per heavy atom. The van der Waals surface area contributed by atoms with Gasteiger partial charge in [0.25, 0.3) is 0 Å². The lowest BCUT2D eigenvalue weighted by Gasteiger charge is -2.24. The molecule has 0 radical (unpaired) electrons. The van der Waals surface area contributed by atoms with Gasteiger partial charge < -0.3 is 0 Å². The predicted octanol–water partition coefficient (Wildman–Crippen LogP) is 7.72. The third kappa shape index (κ3) is 2.98. The second kappa shape index (κ2) is 7.40. The van der Waals surface area contributed by atoms with Gasteiger partial charge in [-0.1, -0.05) is 121 Å². The van der Waals surface area contributed by atoms with E-state index in [9.17, 15) is 4.79 Å². The molecule has 0 aliphatic heterocycles. The van der Waals surface area contributed by atoms with Crippen molar-refractivity contribution in [2.45, 2.75) is 11.8 Å². The van der Waals surface area contributed by atoms with Crippen LogP contribution in [0.4, 0.5) is 0 Å². The number of hydrogen-bond acceptors (Lipinski definition) is 1. The minimum atomic E-state index is -0.254. The summed E-state index contributed by atoms with van der Waals surface area (Å²) in [6.45, 7) is 0. The fourth-order valence-electron chi connectivity index (χ4n) is 5.63. The minimum Gasteiger partial charge on any atom is -0.293 e. The van der Waals surface area contributed by atoms with E-state index in [0.717, 1.165) is 50.1 Å². The molecule has 13 rings (SSSR count). The number of carbonyl (C=O) groups is 1. The van der Waals surface area contributed by atoms with Gasteiger partial charge in [-0.25, -0.2) is 0 Å². The number of hydrogen-bond donors (Lipinski definition) is 0. The second-order valence-electron chi connectivity index (χ2n) is 9.35. The molecule has 34 heavy (non-hydrogen) atoms. The normalized spacial score (nSPS) is 21.4. The number of carbonyl (C=O) groups excluding carboxylic acids is 1. The van der Waals surface area contributed by atoms with Crippen LogP contribution in [0.3, 0.4) is 0 Å². The highest BCUT2D eigenvalue weighted by molar-refractivity contribution is 6.35. The first-order chi connectivity index (χ1) is 16.7. The maximum atomic E-state index is 14.3. The molecule has 0 fully saturated rings. The molecule has 2 unspecified atom stereocenters. The number of Topliss-reactive ketones (excluding diaryl/α,β-unsaturated/α-hetero) is 1. The molecule has 1 nitrogen and oxygen atoms in total. The van der Waals surface area contributed by atoms with E-state index in [1.54, 1.807) is 0 Å². The van der Waals surface area contributed by atoms with Crippen LogP contribution < -0.4 is 0 Å². The number of ketones is 1. The molecule has 0 amide bonds. The summed E-state index contributed by atoms with van der Waals surface area (Å²) >= 11 is 0. The van der Waals surface area contributed by atoms with Crippen molar-refractivity contribution in [2.75, 3.05) is 0 Å². The summed E-state index contributed by atoms with van der Waals surface area (Å²) in [5, 5.41) is 0. The molecular weight excluding hydrogens is 412 g/mol. The number of benzene rings is 4. The van der Waals surface area contributed by atoms with Crippen LogP contribution in [0.5, 0.6) is 0 Å². The van der Waals surface area contributed by atoms with Gasteiger partial charge in [-0.05, 0) is 50.1 Å². The molecule has 2 atom stereocenters. The molecule has 0 heterocycles. The molecular formula is C33H22O. The second-order valence-corrected chi connectivity index (χ2v) is 9.35. The third-order valence-corrected chi connectivity index (χ3v) is 7.39. The largest absolute Gasteiger partial charge is 0.293 e. The summed E-state index contributed by atoms with van der Waals surface area (Å²) in [5.41, 5.74) is 10.9. The standard InChI is InChI=1S/C33H22O/c34-33-31-27-17-9-23(10-18-27)3-1-21-5-13-25(14-6-21)29(31)30-26-15-7-22(8-16-26)2-4-24-11-19-28(20-12-24)32(30)33/h1-20,29,31H/b3-1-,4-2-,22-2?,24-4?,30-26?,32-28?. The zero-order valence-electron chi connectivity index (χ0n) is 18.6. The maximum absolute atomic E-state index is 14.3. The van der Waals surface area contributed by atoms with Crippen LogP contribution in [0, 0.1) is 0 Å². The maximum Gasteiger partial charge on any atom is 0.172 e. The Hall–Kier alpha value is -4.23. The van der Waals surface area contributed by atoms with Crippen molar-refractivity contribution in [3.63, 3.8) is 0 Å². The topological polar surface area (TPSA) is 17.1 Å². The van der Waals surface area contributed by atoms with Crippen LogP contribution in [0.2, 0.25) is 0 Å². The highest BCUT2D eigenvalue weighted by Crippen LogP contribution is 2.54. The Morgan fingerprint density at radius 3 is 1.26 bits per heavy atom. The summed E-state index contributed by atoms with van der Waals surface area (Å²) < 4.78 is 0. The van der Waals surface area contributed by atoms with Crippen molar-refractivity contribution < 1.29 is 4.79 Å². The monoisotopic (exact) mass is 434 g/mol. The number of rotatable bonds is 0. The van der Waals surface area contributed by atoms with E-state index in [-0.39, 0.29) is 17.6 Å². The van der Waals surface area contributed by atoms with E-state index in [2.05, 4.69) is 121 Å². The minimum absolute atomic E-state index is 0.0465. The Bertz CT molecular complexity index is 1510. The van der Waals surface area contributed by atoms with Crippen molar-refractivity contribution >= 4 is 41.2 Å². The van der Waals surface area contributed by atoms with Gasteiger partial charge in [0.15, 0.2) is 5.78 Å². The van der Waals surface area contributed by atoms with Gasteiger partial charge in [-0.2, -0.15) is 0 Å². The van der Waals surface area contributed by atoms with Crippen LogP contribution >= 0.6 is 0 Å². The third-order valence-electron chi connectivity index (χ3n) is 7.39. The van der Waals surface area contributed by atoms with Crippen LogP contribution in [0.1, 0.15) is 56.3 Å². The highest BCUT2D eigenvalue weighted by atomic mass is 16.1. The Labute approximate surface area is 199 Å². The lowest BCUT2D eigenvalue weighted by atomic mass is 9.78. The van der Waals surface area contributed by atoms with Crippen molar-refractivity contribution in [1.82, 2.24) is 0 Å². The summed E-state index contributed by atoms with van der Waals surface area (Å²) in [6.07, 6.45) is 8.53. The van der Waals surface area contributed by atoms with Crippen LogP contribution in [-0.2, 0) is 4.79 Å². The summed E-state index contributed by atoms with van der Waals surface area (Å²) in [6, 6.07) is 34.3. The van der Waals surface area contributed by atoms with Gasteiger partial charge >= 0.3 is 0 Å². The Morgan fingerprint density at radius 2 is 0.794 bits per heavy atom. The van der Waals surface area contributed by atoms with Crippen LogP contribution in [-0.4, -0.2) is 5.78 Å². The Balaban J connectivity index is 1.55. The molecule has 0 saturated carbocycles. The fourth-order valence-corrected chi connectivity index (χ4v) is 5.63. The van der Waals surface area contributed by atoms with Crippen LogP contribution in [0.25, 0.3) is 35.5 Å². The zero-order chi connectivity index (χ0) is 22.6. The molecule has 4 aromatic carbocycles. The van der Waals surface area contributed by atoms with Crippen LogP contribution in [0.15, 0.2) is 97.1 Å². The molecule has 0 spiro atoms. The average Bonchev–Trinajstić information content (AvgIpc) is 3.17. The first-order valence-electron chi connectivity index (χ1n) is 11.8. The van der Waals surface area contributed by atoms with E-state index in [0.29, 0.717) is 0 Å². The van der Waals surface area contributed by atoms with Gasteiger partial charge in [0.05, 0.1) is 5.92 Å². The molecule has 160 valence electrons. The van der Waals surface area contributed by atoms with Gasteiger partial charge in [0.2, 0.25) is 0 Å². The molecule has 4 aromatic rings. The molecule has 9 aliphatic rings. The van der Waals surface area contributed by atoms with Gasteiger partial charge in [0, 0.05) is 11.5 Å². The molecule has 9 aliphatic carbocycles. The summed E-state index contributed by atoms with van der Waals surface area (Å²) in [4.78, 5) is 14.3. The molecule has 0 aromatic heterocycles. The SMILES string of the molecule is O=C1C2=C(c3ccc(cc3)/C=C\c3ccc2cc3)C2c3ccc(cc3)/C=C\c3ccc(cc3)C12. The fraction of sp³-hybridized carbons (Fsp3) is 0.0606. The highest BCUT2D eigenvalue weighted by Gasteiger charge is 2.44. The van der Waals surface area contributed by atoms with Gasteiger partial charge in [-0.15, -0.1) is 0 Å². The van der Waals surface area contributed by atoms with Gasteiger partial charge in [-0.3, -0.25) is 4.79 Å². The smallest absolute Gasteiger partial charge is 0.172 e. The predicted molar refractivity (Wildman–Crippen MR) is 141 cm³/mol. The first kappa shape index (κ1) is 19.3. The van der Waals surface area contributed by atoms with Crippen molar-refractivity contribution in [1.29, 1.82) is 0 Å². The average molecular weight is 435 g/mol. The van der Waals surface area contributed by atoms with Crippen molar-refractivity contribution in [3.05, 3.63) is 142 Å². The van der Waals surface area contributed by atoms with E-state index in [1.165, 1.54) is 5.56 Å². The van der Waals surface area contributed by atoms with Crippen molar-refractivity contribution in [3.8, 4) is 0 Å². The molecule has 8 bridgehead atoms. The first-order valence-corrected chi connectivity index (χ1v) is 11.8. The lowest BCUT2D eigenvalue weighted by Crippen LogP contribution is -2.15. The van der Waals surface area contributed by atoms with E-state index in [4.69, 9.17) is 0 Å². The quantitative estimate of drug-likeness (QED) is 0.277. The zero-order valence-corrected chi connectivity index (χ0v) is 18.6. The molecule has 0 N–H and O–H groups in total. The molecule has 1 heteroatoms. The number of allylic oxidation sites excluding steroid dienone is 2. The summed E-state index contributed by atoms with van der Waals surface area (Å²) in [7, 11) is 0. The lowest BCUT2D eigenvalue weighted by molar-refractivity contribution is -0.114. The summed E-state index contributed by atoms with van der Waals surface area (Å²) in [5.74, 6) is -0.0976. The van der Waals surface area contributed by atoms with E-state index in [1.807, 2.05) is 0 Å². The van der Waals surface area contributed by atoms with E-state index < -0.39 is 0 Å². The molecule has 0 saturated heterocycles. The van der Waals surface area contributed by atoms with Crippen molar-refractivity contribution in [2.24, 2.45) is 0 Å². The Kier molecular flexibility index (Phi) is 4.19.